The van der Waals surface area contributed by atoms with Gasteiger partial charge in [0.05, 0.1) is 11.0 Å². The van der Waals surface area contributed by atoms with E-state index in [1.165, 1.54) is 72.9 Å². The molecule has 0 fully saturated rings. The Balaban J connectivity index is 0.927. The third kappa shape index (κ3) is 8.57. The largest absolute Gasteiger partial charge is 0.310 e. The van der Waals surface area contributed by atoms with Crippen LogP contribution < -0.4 is 4.90 Å². The first-order valence-corrected chi connectivity index (χ1v) is 26.6. The van der Waals surface area contributed by atoms with Gasteiger partial charge in [0.2, 0.25) is 0 Å². The lowest BCUT2D eigenvalue weighted by molar-refractivity contribution is 0.544. The number of hydrogen-bond donors (Lipinski definition) is 0. The summed E-state index contributed by atoms with van der Waals surface area (Å²) in [6, 6.07) is 93.5. The number of hydrogen-bond acceptors (Lipinski definition) is 1. The molecular formula is C74H55FN2. The highest BCUT2D eigenvalue weighted by Crippen LogP contribution is 2.56. The van der Waals surface area contributed by atoms with Crippen molar-refractivity contribution in [3.8, 4) is 50.2 Å². The predicted octanol–water partition coefficient (Wildman–Crippen LogP) is 20.0. The second kappa shape index (κ2) is 19.9. The van der Waals surface area contributed by atoms with Crippen molar-refractivity contribution in [2.45, 2.75) is 24.7 Å². The number of nitrogens with zero attached hydrogens (tertiary/aromatic N) is 2. The van der Waals surface area contributed by atoms with Gasteiger partial charge in [-0.3, -0.25) is 0 Å². The first-order valence-electron chi connectivity index (χ1n) is 26.6. The van der Waals surface area contributed by atoms with Gasteiger partial charge >= 0.3 is 0 Å². The van der Waals surface area contributed by atoms with Gasteiger partial charge in [0.15, 0.2) is 0 Å². The van der Waals surface area contributed by atoms with Crippen molar-refractivity contribution in [2.75, 3.05) is 4.90 Å². The Morgan fingerprint density at radius 3 is 1.47 bits per heavy atom. The minimum absolute atomic E-state index is 0.244. The van der Waals surface area contributed by atoms with Crippen LogP contribution in [0.1, 0.15) is 46.2 Å². The van der Waals surface area contributed by atoms with E-state index in [0.29, 0.717) is 0 Å². The zero-order chi connectivity index (χ0) is 51.9. The Morgan fingerprint density at radius 1 is 0.416 bits per heavy atom. The van der Waals surface area contributed by atoms with E-state index in [2.05, 4.69) is 259 Å². The normalized spacial score (nSPS) is 13.6. The van der Waals surface area contributed by atoms with Crippen molar-refractivity contribution < 1.29 is 4.39 Å². The Labute approximate surface area is 450 Å². The Bertz CT molecular complexity index is 4120. The van der Waals surface area contributed by atoms with Crippen LogP contribution in [0.5, 0.6) is 0 Å². The van der Waals surface area contributed by atoms with Crippen LogP contribution in [0.2, 0.25) is 0 Å². The molecule has 0 radical (unpaired) electrons. The summed E-state index contributed by atoms with van der Waals surface area (Å²) in [5.41, 5.74) is 22.9. The first kappa shape index (κ1) is 47.2. The summed E-state index contributed by atoms with van der Waals surface area (Å²) in [7, 11) is 0. The van der Waals surface area contributed by atoms with E-state index in [1.807, 2.05) is 24.3 Å². The number of aromatic nitrogens is 1. The number of anilines is 3. The molecule has 0 bridgehead atoms. The van der Waals surface area contributed by atoms with E-state index in [0.717, 1.165) is 80.9 Å². The molecule has 1 unspecified atom stereocenters. The Hall–Kier alpha value is -9.57. The summed E-state index contributed by atoms with van der Waals surface area (Å²) in [5, 5.41) is 2.40. The van der Waals surface area contributed by atoms with Crippen LogP contribution in [0.15, 0.2) is 274 Å². The Kier molecular flexibility index (Phi) is 12.2. The van der Waals surface area contributed by atoms with Crippen LogP contribution in [0, 0.1) is 5.82 Å². The van der Waals surface area contributed by atoms with E-state index in [1.54, 1.807) is 0 Å². The number of fused-ring (bicyclic) bond motifs is 6. The second-order valence-corrected chi connectivity index (χ2v) is 20.2. The molecule has 0 amide bonds. The number of aryl methyl sites for hydroxylation is 1. The molecule has 0 aliphatic heterocycles. The van der Waals surface area contributed by atoms with E-state index < -0.39 is 0 Å². The van der Waals surface area contributed by atoms with E-state index >= 15 is 0 Å². The molecule has 0 saturated carbocycles. The number of halogens is 1. The van der Waals surface area contributed by atoms with Crippen molar-refractivity contribution >= 4 is 51.0 Å². The summed E-state index contributed by atoms with van der Waals surface area (Å²) >= 11 is 0. The second-order valence-electron chi connectivity index (χ2n) is 20.2. The molecule has 3 heteroatoms. The van der Waals surface area contributed by atoms with Crippen molar-refractivity contribution in [2.24, 2.45) is 0 Å². The number of para-hydroxylation sites is 1. The highest BCUT2D eigenvalue weighted by atomic mass is 19.1. The zero-order valence-electron chi connectivity index (χ0n) is 42.8. The maximum absolute atomic E-state index is 14.1. The fourth-order valence-electron chi connectivity index (χ4n) is 12.1. The van der Waals surface area contributed by atoms with Crippen LogP contribution >= 0.6 is 0 Å². The average Bonchev–Trinajstić information content (AvgIpc) is 4.10. The number of rotatable bonds is 14. The van der Waals surface area contributed by atoms with Gasteiger partial charge in [0.1, 0.15) is 5.82 Å². The molecule has 1 atom stereocenters. The third-order valence-corrected chi connectivity index (χ3v) is 15.9. The summed E-state index contributed by atoms with van der Waals surface area (Å²) in [5.74, 6) is -0.244. The molecule has 0 spiro atoms. The molecule has 1 aromatic heterocycles. The van der Waals surface area contributed by atoms with Crippen LogP contribution in [0.4, 0.5) is 21.5 Å². The molecule has 77 heavy (non-hydrogen) atoms. The topological polar surface area (TPSA) is 8.17 Å². The molecule has 0 N–H and O–H groups in total. The monoisotopic (exact) mass is 990 g/mol. The minimum Gasteiger partial charge on any atom is -0.310 e. The van der Waals surface area contributed by atoms with E-state index in [-0.39, 0.29) is 11.2 Å². The fraction of sp³-hybridized carbons (Fsp3) is 0.0541. The molecule has 0 saturated heterocycles. The van der Waals surface area contributed by atoms with Gasteiger partial charge in [0, 0.05) is 38.9 Å². The molecule has 1 aliphatic carbocycles. The number of benzene rings is 11. The quantitative estimate of drug-likeness (QED) is 0.105. The zero-order valence-corrected chi connectivity index (χ0v) is 42.8. The molecule has 368 valence electrons. The minimum atomic E-state index is -0.384. The standard InChI is InChI=1S/C74H55FN2/c1-3-51-21-23-53(24-22-51)14-13-47-74(60-15-7-5-8-16-60)70-20-12-11-19-66(70)67-44-43-65(50-71(67)74)76(63-39-31-55(32-40-63)54-29-37-61(75)38-30-54)64-41-33-57(34-42-64)59-36-46-73-69(49-59)68-48-58(56-27-25-52(4-2)26-28-56)35-45-72(68)77(73)62-17-9-6-10-18-62/h3-12,15-46,48-50H,1-2,13-14,47H2. The summed E-state index contributed by atoms with van der Waals surface area (Å²) in [6.07, 6.45) is 6.70. The maximum Gasteiger partial charge on any atom is 0.123 e. The van der Waals surface area contributed by atoms with Gasteiger partial charge in [-0.15, -0.1) is 0 Å². The van der Waals surface area contributed by atoms with Gasteiger partial charge in [-0.1, -0.05) is 201 Å². The molecule has 11 aromatic carbocycles. The summed E-state index contributed by atoms with van der Waals surface area (Å²) in [4.78, 5) is 2.39. The van der Waals surface area contributed by atoms with E-state index in [4.69, 9.17) is 0 Å². The average molecular weight is 991 g/mol. The first-order chi connectivity index (χ1) is 37.9. The molecular weight excluding hydrogens is 936 g/mol. The summed E-state index contributed by atoms with van der Waals surface area (Å²) < 4.78 is 16.5. The van der Waals surface area contributed by atoms with Crippen molar-refractivity contribution in [1.29, 1.82) is 0 Å². The van der Waals surface area contributed by atoms with Crippen LogP contribution in [0.3, 0.4) is 0 Å². The van der Waals surface area contributed by atoms with Gasteiger partial charge < -0.3 is 9.47 Å². The molecule has 1 aliphatic rings. The van der Waals surface area contributed by atoms with Gasteiger partial charge in [-0.25, -0.2) is 4.39 Å². The Morgan fingerprint density at radius 2 is 0.883 bits per heavy atom. The van der Waals surface area contributed by atoms with Crippen molar-refractivity contribution in [3.05, 3.63) is 313 Å². The van der Waals surface area contributed by atoms with Crippen molar-refractivity contribution in [3.63, 3.8) is 0 Å². The van der Waals surface area contributed by atoms with Crippen LogP contribution in [-0.4, -0.2) is 4.57 Å². The highest BCUT2D eigenvalue weighted by Gasteiger charge is 2.44. The maximum atomic E-state index is 14.1. The smallest absolute Gasteiger partial charge is 0.123 e. The fourth-order valence-corrected chi connectivity index (χ4v) is 12.1. The third-order valence-electron chi connectivity index (χ3n) is 15.9. The summed E-state index contributed by atoms with van der Waals surface area (Å²) in [6.45, 7) is 7.94. The lowest BCUT2D eigenvalue weighted by Gasteiger charge is -2.34. The van der Waals surface area contributed by atoms with Crippen LogP contribution in [0.25, 0.3) is 84.2 Å². The molecule has 13 rings (SSSR count). The lowest BCUT2D eigenvalue weighted by atomic mass is 9.69. The SMILES string of the molecule is C=Cc1ccc(CCCC2(c3ccccc3)c3ccccc3-c3ccc(N(c4ccc(-c5ccc(F)cc5)cc4)c4ccc(-c5ccc6c(c5)c5cc(-c7ccc(C=C)cc7)ccc5n6-c5ccccc5)cc4)cc32)cc1. The van der Waals surface area contributed by atoms with E-state index in [9.17, 15) is 4.39 Å². The molecule has 2 nitrogen and oxygen atoms in total. The highest BCUT2D eigenvalue weighted by molar-refractivity contribution is 6.11. The predicted molar refractivity (Wildman–Crippen MR) is 323 cm³/mol. The molecule has 12 aromatic rings. The van der Waals surface area contributed by atoms with Gasteiger partial charge in [0.25, 0.3) is 0 Å². The lowest BCUT2D eigenvalue weighted by Crippen LogP contribution is -2.27. The van der Waals surface area contributed by atoms with Crippen LogP contribution in [-0.2, 0) is 11.8 Å². The van der Waals surface area contributed by atoms with Gasteiger partial charge in [-0.05, 0) is 182 Å². The van der Waals surface area contributed by atoms with Crippen molar-refractivity contribution in [1.82, 2.24) is 4.57 Å². The van der Waals surface area contributed by atoms with Gasteiger partial charge in [-0.2, -0.15) is 0 Å². The molecule has 1 heterocycles.